The van der Waals surface area contributed by atoms with Gasteiger partial charge in [0.25, 0.3) is 0 Å². The Kier molecular flexibility index (Phi) is 4.52. The lowest BCUT2D eigenvalue weighted by molar-refractivity contribution is -0.145. The molecule has 0 spiro atoms. The lowest BCUT2D eigenvalue weighted by Crippen LogP contribution is -2.14. The number of hydrogen-bond acceptors (Lipinski definition) is 4. The Labute approximate surface area is 120 Å². The molecule has 0 aliphatic heterocycles. The van der Waals surface area contributed by atoms with Crippen LogP contribution >= 0.6 is 0 Å². The molecule has 0 amide bonds. The van der Waals surface area contributed by atoms with Crippen molar-refractivity contribution in [3.8, 4) is 17.1 Å². The van der Waals surface area contributed by atoms with E-state index in [9.17, 15) is 13.6 Å². The van der Waals surface area contributed by atoms with Crippen LogP contribution in [-0.4, -0.2) is 29.0 Å². The number of nitrogens with zero attached hydrogens (tertiary/aromatic N) is 2. The molecule has 0 aliphatic carbocycles. The number of aryl methyl sites for hydroxylation is 1. The summed E-state index contributed by atoms with van der Waals surface area (Å²) in [5.41, 5.74) is 0.404. The maximum atomic E-state index is 13.7. The third-order valence-corrected chi connectivity index (χ3v) is 2.70. The molecule has 0 N–H and O–H groups in total. The van der Waals surface area contributed by atoms with E-state index in [0.717, 1.165) is 18.2 Å². The second-order valence-electron chi connectivity index (χ2n) is 4.21. The Balaban J connectivity index is 2.19. The van der Waals surface area contributed by atoms with Crippen LogP contribution in [0.3, 0.4) is 0 Å². The summed E-state index contributed by atoms with van der Waals surface area (Å²) >= 11 is 0. The summed E-state index contributed by atoms with van der Waals surface area (Å²) in [6, 6.07) is 4.57. The quantitative estimate of drug-likeness (QED) is 0.795. The molecule has 112 valence electrons. The minimum absolute atomic E-state index is 0.0657. The average molecular weight is 296 g/mol. The third-order valence-electron chi connectivity index (χ3n) is 2.70. The van der Waals surface area contributed by atoms with Crippen molar-refractivity contribution in [2.75, 3.05) is 13.2 Å². The van der Waals surface area contributed by atoms with Gasteiger partial charge in [0.05, 0.1) is 12.3 Å². The number of carbonyl (C=O) groups excluding carboxylic acids is 1. The van der Waals surface area contributed by atoms with E-state index in [1.54, 1.807) is 14.0 Å². The molecule has 0 aliphatic rings. The summed E-state index contributed by atoms with van der Waals surface area (Å²) in [7, 11) is 1.57. The van der Waals surface area contributed by atoms with Gasteiger partial charge in [-0.15, -0.1) is 5.10 Å². The van der Waals surface area contributed by atoms with Crippen molar-refractivity contribution in [1.29, 1.82) is 0 Å². The average Bonchev–Trinajstić information content (AvgIpc) is 2.81. The summed E-state index contributed by atoms with van der Waals surface area (Å²) in [6.45, 7) is 1.64. The zero-order chi connectivity index (χ0) is 15.4. The first kappa shape index (κ1) is 15.0. The van der Waals surface area contributed by atoms with E-state index < -0.39 is 17.6 Å². The third kappa shape index (κ3) is 3.56. The molecule has 0 saturated heterocycles. The van der Waals surface area contributed by atoms with Crippen LogP contribution in [-0.2, 0) is 16.6 Å². The van der Waals surface area contributed by atoms with E-state index in [4.69, 9.17) is 9.47 Å². The molecule has 1 heterocycles. The fraction of sp³-hybridized carbons (Fsp3) is 0.286. The maximum absolute atomic E-state index is 13.7. The first-order valence-corrected chi connectivity index (χ1v) is 6.29. The number of esters is 1. The zero-order valence-corrected chi connectivity index (χ0v) is 11.6. The molecule has 0 fully saturated rings. The minimum Gasteiger partial charge on any atom is -0.465 e. The van der Waals surface area contributed by atoms with Crippen LogP contribution in [0.4, 0.5) is 8.78 Å². The highest BCUT2D eigenvalue weighted by Crippen LogP contribution is 2.26. The highest BCUT2D eigenvalue weighted by Gasteiger charge is 2.14. The van der Waals surface area contributed by atoms with E-state index in [2.05, 4.69) is 5.10 Å². The van der Waals surface area contributed by atoms with Gasteiger partial charge < -0.3 is 9.47 Å². The molecule has 0 unspecified atom stereocenters. The molecular weight excluding hydrogens is 282 g/mol. The van der Waals surface area contributed by atoms with E-state index in [1.165, 1.54) is 10.7 Å². The second kappa shape index (κ2) is 6.34. The second-order valence-corrected chi connectivity index (χ2v) is 4.21. The van der Waals surface area contributed by atoms with Gasteiger partial charge in [0.1, 0.15) is 11.6 Å². The van der Waals surface area contributed by atoms with Gasteiger partial charge in [-0.25, -0.2) is 13.6 Å². The lowest BCUT2D eigenvalue weighted by atomic mass is 10.1. The van der Waals surface area contributed by atoms with Gasteiger partial charge in [-0.3, -0.25) is 4.68 Å². The molecule has 0 saturated carbocycles. The van der Waals surface area contributed by atoms with Gasteiger partial charge in [0.15, 0.2) is 6.61 Å². The summed E-state index contributed by atoms with van der Waals surface area (Å²) in [5.74, 6) is -1.52. The van der Waals surface area contributed by atoms with Crippen LogP contribution in [0.2, 0.25) is 0 Å². The van der Waals surface area contributed by atoms with Crippen LogP contribution in [0, 0.1) is 11.6 Å². The summed E-state index contributed by atoms with van der Waals surface area (Å²) in [5, 5.41) is 3.99. The van der Waals surface area contributed by atoms with Crippen molar-refractivity contribution >= 4 is 5.97 Å². The lowest BCUT2D eigenvalue weighted by Gasteiger charge is -2.02. The molecule has 0 bridgehead atoms. The van der Waals surface area contributed by atoms with Crippen molar-refractivity contribution < 1.29 is 23.0 Å². The number of ether oxygens (including phenoxy) is 2. The number of carbonyl (C=O) groups is 1. The van der Waals surface area contributed by atoms with Crippen molar-refractivity contribution in [2.24, 2.45) is 7.05 Å². The minimum atomic E-state index is -0.573. The molecule has 5 nitrogen and oxygen atoms in total. The van der Waals surface area contributed by atoms with Crippen LogP contribution in [0.25, 0.3) is 11.3 Å². The normalized spacial score (nSPS) is 10.5. The van der Waals surface area contributed by atoms with Gasteiger partial charge in [-0.05, 0) is 25.1 Å². The van der Waals surface area contributed by atoms with Crippen molar-refractivity contribution in [3.05, 3.63) is 35.9 Å². The predicted octanol–water partition coefficient (Wildman–Crippen LogP) is 2.31. The first-order valence-electron chi connectivity index (χ1n) is 6.29. The summed E-state index contributed by atoms with van der Waals surface area (Å²) in [6.07, 6.45) is 0. The number of benzene rings is 1. The molecule has 2 rings (SSSR count). The first-order chi connectivity index (χ1) is 10.0. The van der Waals surface area contributed by atoms with Crippen molar-refractivity contribution in [3.63, 3.8) is 0 Å². The van der Waals surface area contributed by atoms with Crippen LogP contribution in [0.5, 0.6) is 5.88 Å². The van der Waals surface area contributed by atoms with Gasteiger partial charge in [-0.1, -0.05) is 0 Å². The van der Waals surface area contributed by atoms with Crippen LogP contribution in [0.15, 0.2) is 24.3 Å². The van der Waals surface area contributed by atoms with Crippen LogP contribution < -0.4 is 4.74 Å². The molecule has 2 aromatic rings. The largest absolute Gasteiger partial charge is 0.465 e. The molecule has 7 heteroatoms. The number of halogens is 2. The monoisotopic (exact) mass is 296 g/mol. The Morgan fingerprint density at radius 3 is 2.81 bits per heavy atom. The number of aromatic nitrogens is 2. The molecule has 0 atom stereocenters. The summed E-state index contributed by atoms with van der Waals surface area (Å²) < 4.78 is 38.2. The summed E-state index contributed by atoms with van der Waals surface area (Å²) in [4.78, 5) is 11.2. The molecule has 1 aromatic carbocycles. The molecule has 1 aromatic heterocycles. The number of rotatable bonds is 5. The Hall–Kier alpha value is -2.44. The number of hydrogen-bond donors (Lipinski definition) is 0. The van der Waals surface area contributed by atoms with Gasteiger partial charge in [0.2, 0.25) is 5.88 Å². The Morgan fingerprint density at radius 1 is 1.33 bits per heavy atom. The Bertz CT molecular complexity index is 656. The van der Waals surface area contributed by atoms with E-state index in [0.29, 0.717) is 5.69 Å². The van der Waals surface area contributed by atoms with Gasteiger partial charge in [-0.2, -0.15) is 0 Å². The zero-order valence-electron chi connectivity index (χ0n) is 11.6. The van der Waals surface area contributed by atoms with Gasteiger partial charge in [0, 0.05) is 18.7 Å². The molecule has 21 heavy (non-hydrogen) atoms. The predicted molar refractivity (Wildman–Crippen MR) is 70.7 cm³/mol. The SMILES string of the molecule is CCOC(=O)COc1cc(-c2cc(F)ccc2F)n(C)n1. The Morgan fingerprint density at radius 2 is 2.10 bits per heavy atom. The fourth-order valence-electron chi connectivity index (χ4n) is 1.79. The standard InChI is InChI=1S/C14H14F2N2O3/c1-3-20-14(19)8-21-13-7-12(18(2)17-13)10-6-9(15)4-5-11(10)16/h4-7H,3,8H2,1-2H3. The van der Waals surface area contributed by atoms with Gasteiger partial charge >= 0.3 is 5.97 Å². The van der Waals surface area contributed by atoms with E-state index in [-0.39, 0.29) is 24.7 Å². The highest BCUT2D eigenvalue weighted by atomic mass is 19.1. The van der Waals surface area contributed by atoms with Crippen LogP contribution in [0.1, 0.15) is 6.92 Å². The highest BCUT2D eigenvalue weighted by molar-refractivity contribution is 5.71. The van der Waals surface area contributed by atoms with E-state index in [1.807, 2.05) is 0 Å². The van der Waals surface area contributed by atoms with Crippen molar-refractivity contribution in [1.82, 2.24) is 9.78 Å². The van der Waals surface area contributed by atoms with E-state index >= 15 is 0 Å². The topological polar surface area (TPSA) is 53.4 Å². The molecular formula is C14H14F2N2O3. The fourth-order valence-corrected chi connectivity index (χ4v) is 1.79. The molecule has 0 radical (unpaired) electrons. The maximum Gasteiger partial charge on any atom is 0.344 e. The smallest absolute Gasteiger partial charge is 0.344 e. The van der Waals surface area contributed by atoms with Crippen molar-refractivity contribution in [2.45, 2.75) is 6.92 Å².